The van der Waals surface area contributed by atoms with Crippen LogP contribution < -0.4 is 9.64 Å². The normalized spacial score (nSPS) is 17.7. The Kier molecular flexibility index (Phi) is 4.09. The quantitative estimate of drug-likeness (QED) is 0.857. The van der Waals surface area contributed by atoms with Crippen LogP contribution >= 0.6 is 0 Å². The third-order valence-corrected chi connectivity index (χ3v) is 5.41. The van der Waals surface area contributed by atoms with Gasteiger partial charge in [0.2, 0.25) is 0 Å². The highest BCUT2D eigenvalue weighted by molar-refractivity contribution is 7.91. The summed E-state index contributed by atoms with van der Waals surface area (Å²) in [5.74, 6) is 0.232. The molecule has 1 aromatic heterocycles. The van der Waals surface area contributed by atoms with Gasteiger partial charge in [-0.3, -0.25) is 4.98 Å². The molecule has 5 nitrogen and oxygen atoms in total. The average molecular weight is 342 g/mol. The van der Waals surface area contributed by atoms with Crippen molar-refractivity contribution < 1.29 is 21.9 Å². The maximum absolute atomic E-state index is 12.4. The molecule has 124 valence electrons. The van der Waals surface area contributed by atoms with Gasteiger partial charge in [0, 0.05) is 29.9 Å². The van der Waals surface area contributed by atoms with Crippen LogP contribution in [0, 0.1) is 6.92 Å². The molecule has 23 heavy (non-hydrogen) atoms. The zero-order valence-electron chi connectivity index (χ0n) is 12.5. The largest absolute Gasteiger partial charge is 0.435 e. The number of sulfone groups is 1. The van der Waals surface area contributed by atoms with Crippen LogP contribution in [0.1, 0.15) is 5.69 Å². The van der Waals surface area contributed by atoms with Gasteiger partial charge in [0.25, 0.3) is 0 Å². The number of pyridine rings is 1. The van der Waals surface area contributed by atoms with Crippen molar-refractivity contribution in [2.45, 2.75) is 13.5 Å². The number of aryl methyl sites for hydroxylation is 1. The van der Waals surface area contributed by atoms with Gasteiger partial charge >= 0.3 is 6.61 Å². The molecule has 1 aromatic carbocycles. The van der Waals surface area contributed by atoms with Crippen LogP contribution in [0.5, 0.6) is 5.75 Å². The highest BCUT2D eigenvalue weighted by atomic mass is 32.2. The molecule has 0 N–H and O–H groups in total. The van der Waals surface area contributed by atoms with E-state index in [4.69, 9.17) is 0 Å². The minimum Gasteiger partial charge on any atom is -0.435 e. The van der Waals surface area contributed by atoms with Crippen LogP contribution in [0.15, 0.2) is 24.3 Å². The Morgan fingerprint density at radius 2 is 1.91 bits per heavy atom. The van der Waals surface area contributed by atoms with Crippen molar-refractivity contribution in [2.75, 3.05) is 29.5 Å². The molecule has 0 aliphatic carbocycles. The Labute approximate surface area is 132 Å². The maximum atomic E-state index is 12.4. The lowest BCUT2D eigenvalue weighted by Crippen LogP contribution is -2.40. The van der Waals surface area contributed by atoms with Gasteiger partial charge in [0.15, 0.2) is 9.84 Å². The Morgan fingerprint density at radius 3 is 2.57 bits per heavy atom. The zero-order valence-corrected chi connectivity index (χ0v) is 13.3. The first kappa shape index (κ1) is 15.9. The number of rotatable bonds is 3. The second-order valence-electron chi connectivity index (χ2n) is 5.48. The molecule has 1 saturated heterocycles. The highest BCUT2D eigenvalue weighted by Gasteiger charge is 2.23. The maximum Gasteiger partial charge on any atom is 0.387 e. The van der Waals surface area contributed by atoms with Gasteiger partial charge in [-0.05, 0) is 31.2 Å². The number of nitrogens with zero attached hydrogens (tertiary/aromatic N) is 2. The number of fused-ring (bicyclic) bond motifs is 1. The van der Waals surface area contributed by atoms with E-state index in [1.54, 1.807) is 6.07 Å². The van der Waals surface area contributed by atoms with E-state index in [0.717, 1.165) is 11.4 Å². The number of halogens is 2. The molecule has 0 saturated carbocycles. The lowest BCUT2D eigenvalue weighted by molar-refractivity contribution is -0.0497. The van der Waals surface area contributed by atoms with Crippen molar-refractivity contribution in [1.29, 1.82) is 0 Å². The molecular formula is C15H16F2N2O3S. The summed E-state index contributed by atoms with van der Waals surface area (Å²) in [6.45, 7) is -0.302. The van der Waals surface area contributed by atoms with E-state index >= 15 is 0 Å². The second-order valence-corrected chi connectivity index (χ2v) is 7.78. The molecule has 0 atom stereocenters. The summed E-state index contributed by atoms with van der Waals surface area (Å²) < 4.78 is 52.5. The van der Waals surface area contributed by atoms with Gasteiger partial charge < -0.3 is 9.64 Å². The minimum atomic E-state index is -2.99. The van der Waals surface area contributed by atoms with E-state index in [2.05, 4.69) is 9.72 Å². The number of anilines is 1. The molecule has 0 unspecified atom stereocenters. The van der Waals surface area contributed by atoms with E-state index in [0.29, 0.717) is 24.0 Å². The third kappa shape index (κ3) is 3.52. The number of hydrogen-bond acceptors (Lipinski definition) is 5. The van der Waals surface area contributed by atoms with Crippen molar-refractivity contribution in [3.05, 3.63) is 30.0 Å². The predicted molar refractivity (Wildman–Crippen MR) is 84.0 cm³/mol. The zero-order chi connectivity index (χ0) is 16.6. The van der Waals surface area contributed by atoms with Gasteiger partial charge in [-0.2, -0.15) is 8.78 Å². The van der Waals surface area contributed by atoms with Crippen LogP contribution in [0.3, 0.4) is 0 Å². The number of ether oxygens (including phenoxy) is 1. The van der Waals surface area contributed by atoms with Crippen molar-refractivity contribution >= 4 is 26.4 Å². The monoisotopic (exact) mass is 342 g/mol. The Balaban J connectivity index is 2.04. The van der Waals surface area contributed by atoms with Crippen LogP contribution in [-0.4, -0.2) is 44.6 Å². The highest BCUT2D eigenvalue weighted by Crippen LogP contribution is 2.31. The lowest BCUT2D eigenvalue weighted by Gasteiger charge is -2.30. The first-order valence-corrected chi connectivity index (χ1v) is 8.98. The molecular weight excluding hydrogens is 326 g/mol. The third-order valence-electron chi connectivity index (χ3n) is 3.80. The van der Waals surface area contributed by atoms with Crippen LogP contribution in [0.25, 0.3) is 10.9 Å². The van der Waals surface area contributed by atoms with Crippen LogP contribution in [-0.2, 0) is 9.84 Å². The summed E-state index contributed by atoms with van der Waals surface area (Å²) in [5, 5.41) is 0.674. The average Bonchev–Trinajstić information content (AvgIpc) is 2.46. The van der Waals surface area contributed by atoms with Gasteiger partial charge in [-0.15, -0.1) is 0 Å². The summed E-state index contributed by atoms with van der Waals surface area (Å²) in [4.78, 5) is 6.34. The Hall–Kier alpha value is -1.96. The number of aromatic nitrogens is 1. The Morgan fingerprint density at radius 1 is 1.22 bits per heavy atom. The van der Waals surface area contributed by atoms with Crippen molar-refractivity contribution in [2.24, 2.45) is 0 Å². The molecule has 0 spiro atoms. The number of hydrogen-bond donors (Lipinski definition) is 0. The van der Waals surface area contributed by atoms with Crippen molar-refractivity contribution in [3.8, 4) is 5.75 Å². The van der Waals surface area contributed by atoms with Gasteiger partial charge in [-0.25, -0.2) is 8.42 Å². The predicted octanol–water partition coefficient (Wildman–Crippen LogP) is 2.38. The van der Waals surface area contributed by atoms with Gasteiger partial charge in [0.1, 0.15) is 5.75 Å². The molecule has 1 aliphatic rings. The molecule has 2 heterocycles. The molecule has 0 amide bonds. The second kappa shape index (κ2) is 5.92. The fraction of sp³-hybridized carbons (Fsp3) is 0.400. The summed E-state index contributed by atoms with van der Waals surface area (Å²) in [6.07, 6.45) is 0. The first-order valence-electron chi connectivity index (χ1n) is 7.16. The van der Waals surface area contributed by atoms with E-state index in [-0.39, 0.29) is 17.3 Å². The minimum absolute atomic E-state index is 0.0593. The standard InChI is InChI=1S/C15H16F2N2O3S/c1-10-8-14(19-4-6-23(20,21)7-5-19)12-9-11(22-15(16)17)2-3-13(12)18-10/h2-3,8-9,15H,4-7H2,1H3. The SMILES string of the molecule is Cc1cc(N2CCS(=O)(=O)CC2)c2cc(OC(F)F)ccc2n1. The summed E-state index contributed by atoms with van der Waals surface area (Å²) in [6, 6.07) is 6.44. The molecule has 0 bridgehead atoms. The van der Waals surface area contributed by atoms with E-state index < -0.39 is 16.4 Å². The van der Waals surface area contributed by atoms with Gasteiger partial charge in [-0.1, -0.05) is 0 Å². The molecule has 0 radical (unpaired) electrons. The van der Waals surface area contributed by atoms with Crippen molar-refractivity contribution in [1.82, 2.24) is 4.98 Å². The Bertz CT molecular complexity index is 826. The lowest BCUT2D eigenvalue weighted by atomic mass is 10.1. The topological polar surface area (TPSA) is 59.5 Å². The smallest absolute Gasteiger partial charge is 0.387 e. The fourth-order valence-electron chi connectivity index (χ4n) is 2.71. The van der Waals surface area contributed by atoms with Crippen LogP contribution in [0.4, 0.5) is 14.5 Å². The molecule has 1 fully saturated rings. The van der Waals surface area contributed by atoms with Gasteiger partial charge in [0.05, 0.1) is 17.0 Å². The first-order chi connectivity index (χ1) is 10.8. The van der Waals surface area contributed by atoms with Crippen LogP contribution in [0.2, 0.25) is 0 Å². The molecule has 1 aliphatic heterocycles. The molecule has 8 heteroatoms. The summed E-state index contributed by atoms with van der Waals surface area (Å²) in [7, 11) is -2.99. The summed E-state index contributed by atoms with van der Waals surface area (Å²) >= 11 is 0. The van der Waals surface area contributed by atoms with E-state index in [1.807, 2.05) is 17.9 Å². The number of alkyl halides is 2. The molecule has 3 rings (SSSR count). The molecule has 2 aromatic rings. The van der Waals surface area contributed by atoms with Crippen molar-refractivity contribution in [3.63, 3.8) is 0 Å². The van der Waals surface area contributed by atoms with E-state index in [1.165, 1.54) is 12.1 Å². The fourth-order valence-corrected chi connectivity index (χ4v) is 3.91. The number of benzene rings is 1. The van der Waals surface area contributed by atoms with E-state index in [9.17, 15) is 17.2 Å². The summed E-state index contributed by atoms with van der Waals surface area (Å²) in [5.41, 5.74) is 2.24.